The van der Waals surface area contributed by atoms with Gasteiger partial charge in [0.2, 0.25) is 0 Å². The largest absolute Gasteiger partial charge is 0.507 e. The Hall–Kier alpha value is -1.71. The van der Waals surface area contributed by atoms with Gasteiger partial charge < -0.3 is 5.11 Å². The van der Waals surface area contributed by atoms with Crippen molar-refractivity contribution in [3.8, 4) is 5.75 Å². The Morgan fingerprint density at radius 2 is 1.95 bits per heavy atom. The van der Waals surface area contributed by atoms with Crippen molar-refractivity contribution < 1.29 is 9.90 Å². The third kappa shape index (κ3) is 3.40. The number of carbonyl (C=O) groups is 1. The monoisotopic (exact) mass is 290 g/mol. The maximum Gasteiger partial charge on any atom is 0.189 e. The van der Waals surface area contributed by atoms with E-state index in [1.807, 2.05) is 24.3 Å². The molecule has 2 nitrogen and oxygen atoms in total. The zero-order valence-corrected chi connectivity index (χ0v) is 11.5. The molecule has 2 aromatic rings. The van der Waals surface area contributed by atoms with Crippen LogP contribution in [-0.4, -0.2) is 10.9 Å². The summed E-state index contributed by atoms with van der Waals surface area (Å²) >= 11 is 10.1. The smallest absolute Gasteiger partial charge is 0.189 e. The molecule has 96 valence electrons. The molecule has 0 unspecified atom stereocenters. The number of aromatic hydroxyl groups is 1. The first kappa shape index (κ1) is 13.7. The summed E-state index contributed by atoms with van der Waals surface area (Å²) in [5.41, 5.74) is 1.01. The van der Waals surface area contributed by atoms with Crippen LogP contribution in [0.3, 0.4) is 0 Å². The van der Waals surface area contributed by atoms with Gasteiger partial charge in [-0.2, -0.15) is 0 Å². The van der Waals surface area contributed by atoms with Crippen molar-refractivity contribution in [1.29, 1.82) is 0 Å². The van der Waals surface area contributed by atoms with Crippen LogP contribution < -0.4 is 0 Å². The maximum absolute atomic E-state index is 12.0. The number of carbonyl (C=O) groups excluding carboxylic acids is 1. The fraction of sp³-hybridized carbons (Fsp3) is 0. The van der Waals surface area contributed by atoms with Crippen molar-refractivity contribution >= 4 is 36.1 Å². The van der Waals surface area contributed by atoms with Crippen LogP contribution in [0.25, 0.3) is 6.08 Å². The molecule has 0 aliphatic heterocycles. The van der Waals surface area contributed by atoms with Crippen molar-refractivity contribution in [2.75, 3.05) is 0 Å². The predicted molar refractivity (Wildman–Crippen MR) is 80.2 cm³/mol. The molecular formula is C15H11ClO2S. The molecule has 0 aromatic heterocycles. The lowest BCUT2D eigenvalue weighted by Crippen LogP contribution is -1.94. The Labute approximate surface area is 121 Å². The van der Waals surface area contributed by atoms with E-state index in [0.717, 1.165) is 10.5 Å². The highest BCUT2D eigenvalue weighted by Crippen LogP contribution is 2.23. The molecule has 0 aliphatic carbocycles. The van der Waals surface area contributed by atoms with Crippen LogP contribution in [0, 0.1) is 0 Å². The number of benzene rings is 2. The molecule has 0 saturated carbocycles. The molecule has 0 aliphatic rings. The lowest BCUT2D eigenvalue weighted by molar-refractivity contribution is 0.104. The van der Waals surface area contributed by atoms with Crippen molar-refractivity contribution in [2.24, 2.45) is 0 Å². The summed E-state index contributed by atoms with van der Waals surface area (Å²) in [6, 6.07) is 11.8. The second kappa shape index (κ2) is 5.95. The summed E-state index contributed by atoms with van der Waals surface area (Å²) in [6.45, 7) is 0. The van der Waals surface area contributed by atoms with Gasteiger partial charge in [-0.05, 0) is 42.0 Å². The summed E-state index contributed by atoms with van der Waals surface area (Å²) < 4.78 is 0. The Bertz CT molecular complexity index is 650. The van der Waals surface area contributed by atoms with Crippen LogP contribution in [0.2, 0.25) is 5.02 Å². The number of hydrogen-bond acceptors (Lipinski definition) is 3. The fourth-order valence-electron chi connectivity index (χ4n) is 1.59. The Balaban J connectivity index is 2.26. The zero-order valence-electron chi connectivity index (χ0n) is 9.88. The maximum atomic E-state index is 12.0. The lowest BCUT2D eigenvalue weighted by atomic mass is 10.1. The molecule has 1 N–H and O–H groups in total. The number of halogens is 1. The van der Waals surface area contributed by atoms with Crippen LogP contribution in [0.4, 0.5) is 0 Å². The molecule has 19 heavy (non-hydrogen) atoms. The van der Waals surface area contributed by atoms with Gasteiger partial charge in [-0.3, -0.25) is 4.79 Å². The average molecular weight is 291 g/mol. The van der Waals surface area contributed by atoms with Crippen LogP contribution in [0.15, 0.2) is 53.4 Å². The van der Waals surface area contributed by atoms with Gasteiger partial charge in [-0.15, -0.1) is 12.6 Å². The molecule has 0 heterocycles. The molecule has 0 amide bonds. The highest BCUT2D eigenvalue weighted by molar-refractivity contribution is 7.80. The summed E-state index contributed by atoms with van der Waals surface area (Å²) in [5.74, 6) is -0.394. The Kier molecular flexibility index (Phi) is 4.30. The van der Waals surface area contributed by atoms with E-state index in [9.17, 15) is 9.90 Å². The van der Waals surface area contributed by atoms with Gasteiger partial charge in [-0.1, -0.05) is 29.8 Å². The second-order valence-corrected chi connectivity index (χ2v) is 4.84. The van der Waals surface area contributed by atoms with Gasteiger partial charge in [0.15, 0.2) is 5.78 Å². The van der Waals surface area contributed by atoms with Gasteiger partial charge in [0.1, 0.15) is 5.75 Å². The van der Waals surface area contributed by atoms with Gasteiger partial charge in [-0.25, -0.2) is 0 Å². The van der Waals surface area contributed by atoms with E-state index in [2.05, 4.69) is 12.6 Å². The number of phenols is 1. The van der Waals surface area contributed by atoms with Gasteiger partial charge in [0, 0.05) is 9.92 Å². The molecule has 4 heteroatoms. The van der Waals surface area contributed by atoms with Gasteiger partial charge in [0.25, 0.3) is 0 Å². The number of hydrogen-bond donors (Lipinski definition) is 2. The third-order valence-corrected chi connectivity index (χ3v) is 3.22. The molecular weight excluding hydrogens is 280 g/mol. The van der Waals surface area contributed by atoms with Crippen LogP contribution in [0.5, 0.6) is 5.75 Å². The van der Waals surface area contributed by atoms with Crippen LogP contribution >= 0.6 is 24.2 Å². The number of ketones is 1. The second-order valence-electron chi connectivity index (χ2n) is 3.92. The summed E-state index contributed by atoms with van der Waals surface area (Å²) in [5, 5.41) is 10.0. The Morgan fingerprint density at radius 3 is 2.68 bits per heavy atom. The first-order valence-electron chi connectivity index (χ1n) is 5.57. The van der Waals surface area contributed by atoms with E-state index >= 15 is 0 Å². The van der Waals surface area contributed by atoms with E-state index < -0.39 is 0 Å². The first-order chi connectivity index (χ1) is 9.08. The number of thiol groups is 1. The zero-order chi connectivity index (χ0) is 13.8. The molecule has 2 aromatic carbocycles. The topological polar surface area (TPSA) is 37.3 Å². The van der Waals surface area contributed by atoms with Crippen molar-refractivity contribution in [3.05, 3.63) is 64.7 Å². The first-order valence-corrected chi connectivity index (χ1v) is 6.39. The van der Waals surface area contributed by atoms with E-state index in [4.69, 9.17) is 11.6 Å². The van der Waals surface area contributed by atoms with Gasteiger partial charge in [0.05, 0.1) is 5.56 Å². The molecule has 0 saturated heterocycles. The summed E-state index contributed by atoms with van der Waals surface area (Å²) in [6.07, 6.45) is 3.05. The SMILES string of the molecule is O=C(/C=C/c1ccccc1S)c1cc(Cl)ccc1O. The lowest BCUT2D eigenvalue weighted by Gasteiger charge is -2.01. The van der Waals surface area contributed by atoms with Crippen molar-refractivity contribution in [2.45, 2.75) is 4.90 Å². The highest BCUT2D eigenvalue weighted by atomic mass is 35.5. The standard InChI is InChI=1S/C15H11ClO2S/c16-11-6-8-14(18)12(9-11)13(17)7-5-10-3-1-2-4-15(10)19/h1-9,18-19H/b7-5+. The molecule has 0 spiro atoms. The number of phenolic OH excluding ortho intramolecular Hbond substituents is 1. The molecule has 0 bridgehead atoms. The summed E-state index contributed by atoms with van der Waals surface area (Å²) in [4.78, 5) is 12.8. The molecule has 0 fully saturated rings. The van der Waals surface area contributed by atoms with E-state index in [-0.39, 0.29) is 17.1 Å². The quantitative estimate of drug-likeness (QED) is 0.504. The summed E-state index contributed by atoms with van der Waals surface area (Å²) in [7, 11) is 0. The minimum Gasteiger partial charge on any atom is -0.507 e. The van der Waals surface area contributed by atoms with E-state index in [1.165, 1.54) is 24.3 Å². The minimum atomic E-state index is -0.309. The number of rotatable bonds is 3. The van der Waals surface area contributed by atoms with Crippen molar-refractivity contribution in [1.82, 2.24) is 0 Å². The third-order valence-electron chi connectivity index (χ3n) is 2.58. The normalized spacial score (nSPS) is 10.8. The minimum absolute atomic E-state index is 0.0850. The predicted octanol–water partition coefficient (Wildman–Crippen LogP) is 4.23. The average Bonchev–Trinajstić information content (AvgIpc) is 2.40. The van der Waals surface area contributed by atoms with Gasteiger partial charge >= 0.3 is 0 Å². The molecule has 2 rings (SSSR count). The Morgan fingerprint density at radius 1 is 1.21 bits per heavy atom. The molecule has 0 atom stereocenters. The highest BCUT2D eigenvalue weighted by Gasteiger charge is 2.08. The molecule has 0 radical (unpaired) electrons. The fourth-order valence-corrected chi connectivity index (χ4v) is 2.00. The van der Waals surface area contributed by atoms with Crippen LogP contribution in [0.1, 0.15) is 15.9 Å². The number of allylic oxidation sites excluding steroid dienone is 1. The van der Waals surface area contributed by atoms with Crippen LogP contribution in [-0.2, 0) is 0 Å². The van der Waals surface area contributed by atoms with Crippen molar-refractivity contribution in [3.63, 3.8) is 0 Å². The van der Waals surface area contributed by atoms with E-state index in [0.29, 0.717) is 5.02 Å². The van der Waals surface area contributed by atoms with E-state index in [1.54, 1.807) is 6.08 Å².